The van der Waals surface area contributed by atoms with Crippen LogP contribution in [-0.2, 0) is 24.8 Å². The molecule has 0 radical (unpaired) electrons. The number of para-hydroxylation sites is 1. The van der Waals surface area contributed by atoms with Crippen LogP contribution in [0.2, 0.25) is 10.0 Å². The number of rotatable bonds is 8. The molecular weight excluding hydrogens is 573 g/mol. The maximum atomic E-state index is 14.2. The van der Waals surface area contributed by atoms with Gasteiger partial charge in [-0.25, -0.2) is 13.8 Å². The molecule has 216 valence electrons. The minimum absolute atomic E-state index is 0.0688. The number of imidazole rings is 1. The Balaban J connectivity index is 1.68. The molecule has 0 unspecified atom stereocenters. The van der Waals surface area contributed by atoms with Gasteiger partial charge in [-0.05, 0) is 42.3 Å². The third-order valence-electron chi connectivity index (χ3n) is 6.54. The van der Waals surface area contributed by atoms with Gasteiger partial charge in [-0.3, -0.25) is 9.59 Å². The van der Waals surface area contributed by atoms with Crippen molar-refractivity contribution in [2.45, 2.75) is 40.7 Å². The van der Waals surface area contributed by atoms with Crippen molar-refractivity contribution in [3.05, 3.63) is 86.7 Å². The molecule has 41 heavy (non-hydrogen) atoms. The Morgan fingerprint density at radius 2 is 1.76 bits per heavy atom. The molecule has 1 heterocycles. The second kappa shape index (κ2) is 12.0. The van der Waals surface area contributed by atoms with Gasteiger partial charge in [0.15, 0.2) is 0 Å². The monoisotopic (exact) mass is 602 g/mol. The first-order valence-electron chi connectivity index (χ1n) is 12.9. The Bertz CT molecular complexity index is 1630. The van der Waals surface area contributed by atoms with Gasteiger partial charge < -0.3 is 19.9 Å². The van der Waals surface area contributed by atoms with Crippen LogP contribution in [0.1, 0.15) is 55.0 Å². The van der Waals surface area contributed by atoms with E-state index in [1.54, 1.807) is 25.1 Å². The quantitative estimate of drug-likeness (QED) is 0.226. The first-order chi connectivity index (χ1) is 19.3. The molecular formula is C30H30Cl2F2N4O3. The fourth-order valence-electron chi connectivity index (χ4n) is 4.22. The summed E-state index contributed by atoms with van der Waals surface area (Å²) in [6, 6.07) is 9.98. The fourth-order valence-corrected chi connectivity index (χ4v) is 4.79. The van der Waals surface area contributed by atoms with Gasteiger partial charge in [0.2, 0.25) is 5.91 Å². The average molecular weight is 603 g/mol. The van der Waals surface area contributed by atoms with Gasteiger partial charge in [-0.15, -0.1) is 0 Å². The fraction of sp³-hybridized carbons (Fsp3) is 0.300. The summed E-state index contributed by atoms with van der Waals surface area (Å²) < 4.78 is 35.9. The van der Waals surface area contributed by atoms with Crippen molar-refractivity contribution in [2.75, 3.05) is 11.9 Å². The second-order valence-corrected chi connectivity index (χ2v) is 11.3. The number of carbonyl (C=O) groups excluding carboxylic acids is 2. The molecule has 2 amide bonds. The van der Waals surface area contributed by atoms with Crippen molar-refractivity contribution in [3.8, 4) is 5.75 Å². The van der Waals surface area contributed by atoms with Crippen molar-refractivity contribution in [1.29, 1.82) is 0 Å². The van der Waals surface area contributed by atoms with Crippen molar-refractivity contribution < 1.29 is 23.1 Å². The number of amides is 2. The number of nitrogens with one attached hydrogen (secondary N) is 2. The van der Waals surface area contributed by atoms with E-state index in [9.17, 15) is 18.4 Å². The standard InChI is InChI=1S/C30H30Cl2F2N4O3/c1-6-41-24-14-23-22(12-18(24)28(39)37-27-20(33)8-7-9-21(27)34)36-25(38(23)5)13-17-19(31)11-10-16(26(17)32)15-35-29(40)30(2,3)4/h7-12,14H,6,13,15H2,1-5H3,(H,35,40)(H,37,39). The number of ether oxygens (including phenoxy) is 1. The molecule has 0 aliphatic carbocycles. The number of aryl methyl sites for hydroxylation is 1. The van der Waals surface area contributed by atoms with E-state index in [4.69, 9.17) is 32.9 Å². The number of nitrogens with zero attached hydrogens (tertiary/aromatic N) is 2. The smallest absolute Gasteiger partial charge is 0.259 e. The number of carbonyl (C=O) groups is 2. The Kier molecular flexibility index (Phi) is 8.89. The molecule has 0 bridgehead atoms. The van der Waals surface area contributed by atoms with E-state index < -0.39 is 28.6 Å². The average Bonchev–Trinajstić information content (AvgIpc) is 3.21. The lowest BCUT2D eigenvalue weighted by atomic mass is 9.95. The van der Waals surface area contributed by atoms with Crippen LogP contribution in [0, 0.1) is 17.0 Å². The largest absolute Gasteiger partial charge is 0.493 e. The first-order valence-corrected chi connectivity index (χ1v) is 13.7. The molecule has 0 atom stereocenters. The molecule has 0 saturated heterocycles. The van der Waals surface area contributed by atoms with Crippen LogP contribution in [0.15, 0.2) is 42.5 Å². The van der Waals surface area contributed by atoms with Gasteiger partial charge in [-0.2, -0.15) is 0 Å². The van der Waals surface area contributed by atoms with E-state index in [-0.39, 0.29) is 36.8 Å². The van der Waals surface area contributed by atoms with Crippen LogP contribution in [0.5, 0.6) is 5.75 Å². The van der Waals surface area contributed by atoms with Crippen molar-refractivity contribution in [2.24, 2.45) is 12.5 Å². The van der Waals surface area contributed by atoms with E-state index in [2.05, 4.69) is 10.6 Å². The molecule has 11 heteroatoms. The molecule has 3 aromatic carbocycles. The predicted octanol–water partition coefficient (Wildman–Crippen LogP) is 7.06. The summed E-state index contributed by atoms with van der Waals surface area (Å²) in [7, 11) is 1.81. The number of fused-ring (bicyclic) bond motifs is 1. The molecule has 0 spiro atoms. The number of aromatic nitrogens is 2. The third-order valence-corrected chi connectivity index (χ3v) is 7.37. The SMILES string of the molecule is CCOc1cc2c(cc1C(=O)Nc1c(F)cccc1F)nc(Cc1c(Cl)ccc(CNC(=O)C(C)(C)C)c1Cl)n2C. The number of anilines is 1. The van der Waals surface area contributed by atoms with Gasteiger partial charge in [0, 0.05) is 36.5 Å². The highest BCUT2D eigenvalue weighted by Gasteiger charge is 2.23. The lowest BCUT2D eigenvalue weighted by Gasteiger charge is -2.18. The minimum Gasteiger partial charge on any atom is -0.493 e. The van der Waals surface area contributed by atoms with Crippen molar-refractivity contribution in [1.82, 2.24) is 14.9 Å². The lowest BCUT2D eigenvalue weighted by Crippen LogP contribution is -2.34. The van der Waals surface area contributed by atoms with Crippen LogP contribution in [0.25, 0.3) is 11.0 Å². The molecule has 2 N–H and O–H groups in total. The Morgan fingerprint density at radius 3 is 2.39 bits per heavy atom. The highest BCUT2D eigenvalue weighted by molar-refractivity contribution is 6.36. The summed E-state index contributed by atoms with van der Waals surface area (Å²) >= 11 is 13.3. The molecule has 0 aliphatic rings. The van der Waals surface area contributed by atoms with E-state index in [0.29, 0.717) is 38.0 Å². The van der Waals surface area contributed by atoms with E-state index in [1.165, 1.54) is 12.1 Å². The van der Waals surface area contributed by atoms with E-state index in [0.717, 1.165) is 12.1 Å². The van der Waals surface area contributed by atoms with Crippen molar-refractivity contribution in [3.63, 3.8) is 0 Å². The Hall–Kier alpha value is -3.69. The molecule has 0 aliphatic heterocycles. The molecule has 4 aromatic rings. The topological polar surface area (TPSA) is 85.2 Å². The van der Waals surface area contributed by atoms with E-state index in [1.807, 2.05) is 32.4 Å². The summed E-state index contributed by atoms with van der Waals surface area (Å²) in [5, 5.41) is 6.05. The van der Waals surface area contributed by atoms with Crippen LogP contribution in [0.4, 0.5) is 14.5 Å². The predicted molar refractivity (Wildman–Crippen MR) is 157 cm³/mol. The molecule has 0 saturated carbocycles. The highest BCUT2D eigenvalue weighted by atomic mass is 35.5. The van der Waals surface area contributed by atoms with Crippen LogP contribution < -0.4 is 15.4 Å². The summed E-state index contributed by atoms with van der Waals surface area (Å²) in [6.07, 6.45) is 0.260. The number of hydrogen-bond donors (Lipinski definition) is 2. The number of hydrogen-bond acceptors (Lipinski definition) is 4. The normalized spacial score (nSPS) is 11.5. The maximum absolute atomic E-state index is 14.2. The zero-order valence-corrected chi connectivity index (χ0v) is 24.8. The summed E-state index contributed by atoms with van der Waals surface area (Å²) in [5.74, 6) is -1.82. The highest BCUT2D eigenvalue weighted by Crippen LogP contribution is 2.33. The Labute approximate surface area is 246 Å². The molecule has 4 rings (SSSR count). The summed E-state index contributed by atoms with van der Waals surface area (Å²) in [6.45, 7) is 7.74. The zero-order valence-electron chi connectivity index (χ0n) is 23.3. The summed E-state index contributed by atoms with van der Waals surface area (Å²) in [5.41, 5.74) is 1.44. The molecule has 7 nitrogen and oxygen atoms in total. The van der Waals surface area contributed by atoms with Gasteiger partial charge in [-0.1, -0.05) is 56.1 Å². The number of halogens is 4. The first kappa shape index (κ1) is 30.3. The van der Waals surface area contributed by atoms with Gasteiger partial charge in [0.25, 0.3) is 5.91 Å². The zero-order chi connectivity index (χ0) is 30.1. The van der Waals surface area contributed by atoms with Gasteiger partial charge in [0.05, 0.1) is 28.2 Å². The van der Waals surface area contributed by atoms with Crippen LogP contribution >= 0.6 is 23.2 Å². The van der Waals surface area contributed by atoms with Gasteiger partial charge >= 0.3 is 0 Å². The van der Waals surface area contributed by atoms with Crippen LogP contribution in [0.3, 0.4) is 0 Å². The van der Waals surface area contributed by atoms with E-state index >= 15 is 0 Å². The molecule has 0 fully saturated rings. The summed E-state index contributed by atoms with van der Waals surface area (Å²) in [4.78, 5) is 30.2. The van der Waals surface area contributed by atoms with Crippen molar-refractivity contribution >= 4 is 51.7 Å². The second-order valence-electron chi connectivity index (χ2n) is 10.5. The number of benzene rings is 3. The Morgan fingerprint density at radius 1 is 1.07 bits per heavy atom. The lowest BCUT2D eigenvalue weighted by molar-refractivity contribution is -0.128. The maximum Gasteiger partial charge on any atom is 0.259 e. The van der Waals surface area contributed by atoms with Gasteiger partial charge in [0.1, 0.15) is 28.9 Å². The third kappa shape index (κ3) is 6.47. The molecule has 1 aromatic heterocycles. The van der Waals surface area contributed by atoms with Crippen LogP contribution in [-0.4, -0.2) is 28.0 Å². The minimum atomic E-state index is -0.897.